The molecule has 0 spiro atoms. The number of halogens is 1. The SMILES string of the molecule is Cc1nn(Cc2ccccc2)c(Cl)c1C(=O)N(C)CCc1ccccn1. The molecule has 26 heavy (non-hydrogen) atoms. The molecule has 3 rings (SSSR count). The molecule has 5 nitrogen and oxygen atoms in total. The Kier molecular flexibility index (Phi) is 5.68. The Balaban J connectivity index is 1.72. The van der Waals surface area contributed by atoms with Gasteiger partial charge in [0.2, 0.25) is 0 Å². The van der Waals surface area contributed by atoms with E-state index < -0.39 is 0 Å². The van der Waals surface area contributed by atoms with Crippen molar-refractivity contribution in [2.45, 2.75) is 19.9 Å². The molecule has 3 aromatic rings. The van der Waals surface area contributed by atoms with E-state index in [4.69, 9.17) is 11.6 Å². The van der Waals surface area contributed by atoms with Gasteiger partial charge in [0.05, 0.1) is 17.8 Å². The number of aryl methyl sites for hydroxylation is 1. The van der Waals surface area contributed by atoms with E-state index in [9.17, 15) is 4.79 Å². The number of hydrogen-bond donors (Lipinski definition) is 0. The highest BCUT2D eigenvalue weighted by Gasteiger charge is 2.23. The van der Waals surface area contributed by atoms with Crippen molar-refractivity contribution in [3.05, 3.63) is 82.4 Å². The topological polar surface area (TPSA) is 51.0 Å². The van der Waals surface area contributed by atoms with Crippen LogP contribution in [-0.4, -0.2) is 39.2 Å². The second-order valence-corrected chi connectivity index (χ2v) is 6.55. The van der Waals surface area contributed by atoms with Gasteiger partial charge in [-0.3, -0.25) is 9.78 Å². The number of benzene rings is 1. The molecule has 134 valence electrons. The Morgan fingerprint density at radius 1 is 1.15 bits per heavy atom. The zero-order chi connectivity index (χ0) is 18.5. The van der Waals surface area contributed by atoms with Crippen LogP contribution < -0.4 is 0 Å². The molecule has 0 N–H and O–H groups in total. The van der Waals surface area contributed by atoms with Crippen molar-refractivity contribution in [2.24, 2.45) is 0 Å². The lowest BCUT2D eigenvalue weighted by atomic mass is 10.2. The van der Waals surface area contributed by atoms with Crippen molar-refractivity contribution < 1.29 is 4.79 Å². The van der Waals surface area contributed by atoms with Crippen LogP contribution in [0.2, 0.25) is 5.15 Å². The third-order valence-electron chi connectivity index (χ3n) is 4.23. The Bertz CT molecular complexity index is 878. The lowest BCUT2D eigenvalue weighted by Gasteiger charge is -2.17. The molecular formula is C20H21ClN4O. The van der Waals surface area contributed by atoms with E-state index in [2.05, 4.69) is 10.1 Å². The lowest BCUT2D eigenvalue weighted by Crippen LogP contribution is -2.29. The fraction of sp³-hybridized carbons (Fsp3) is 0.250. The smallest absolute Gasteiger partial charge is 0.258 e. The van der Waals surface area contributed by atoms with Crippen LogP contribution in [0.25, 0.3) is 0 Å². The fourth-order valence-electron chi connectivity index (χ4n) is 2.78. The van der Waals surface area contributed by atoms with Crippen LogP contribution in [0.15, 0.2) is 54.7 Å². The number of rotatable bonds is 6. The quantitative estimate of drug-likeness (QED) is 0.668. The average molecular weight is 369 g/mol. The first-order valence-electron chi connectivity index (χ1n) is 8.48. The summed E-state index contributed by atoms with van der Waals surface area (Å²) in [6.07, 6.45) is 2.45. The monoisotopic (exact) mass is 368 g/mol. The van der Waals surface area contributed by atoms with Gasteiger partial charge in [-0.25, -0.2) is 4.68 Å². The lowest BCUT2D eigenvalue weighted by molar-refractivity contribution is 0.0795. The molecule has 0 atom stereocenters. The standard InChI is InChI=1S/C20H21ClN4O/c1-15-18(19(21)25(23-15)14-16-8-4-3-5-9-16)20(26)24(2)13-11-17-10-6-7-12-22-17/h3-10,12H,11,13-14H2,1-2H3. The molecule has 0 fully saturated rings. The maximum Gasteiger partial charge on any atom is 0.258 e. The maximum absolute atomic E-state index is 12.8. The van der Waals surface area contributed by atoms with Crippen molar-refractivity contribution in [3.8, 4) is 0 Å². The number of likely N-dealkylation sites (N-methyl/N-ethyl adjacent to an activating group) is 1. The number of nitrogens with zero attached hydrogens (tertiary/aromatic N) is 4. The molecule has 0 saturated heterocycles. The highest BCUT2D eigenvalue weighted by molar-refractivity contribution is 6.33. The molecule has 1 amide bonds. The highest BCUT2D eigenvalue weighted by atomic mass is 35.5. The zero-order valence-corrected chi connectivity index (χ0v) is 15.6. The minimum Gasteiger partial charge on any atom is -0.341 e. The summed E-state index contributed by atoms with van der Waals surface area (Å²) in [5, 5.41) is 4.83. The molecule has 1 aromatic carbocycles. The third-order valence-corrected chi connectivity index (χ3v) is 4.61. The van der Waals surface area contributed by atoms with Gasteiger partial charge in [0.15, 0.2) is 0 Å². The summed E-state index contributed by atoms with van der Waals surface area (Å²) in [7, 11) is 1.77. The first kappa shape index (κ1) is 18.1. The van der Waals surface area contributed by atoms with Crippen LogP contribution in [0.4, 0.5) is 0 Å². The number of pyridine rings is 1. The molecule has 0 bridgehead atoms. The average Bonchev–Trinajstić information content (AvgIpc) is 2.94. The normalized spacial score (nSPS) is 10.7. The Hall–Kier alpha value is -2.66. The van der Waals surface area contributed by atoms with Crippen molar-refractivity contribution in [1.29, 1.82) is 0 Å². The zero-order valence-electron chi connectivity index (χ0n) is 14.9. The largest absolute Gasteiger partial charge is 0.341 e. The predicted molar refractivity (Wildman–Crippen MR) is 102 cm³/mol. The summed E-state index contributed by atoms with van der Waals surface area (Å²) in [6.45, 7) is 2.91. The molecule has 6 heteroatoms. The van der Waals surface area contributed by atoms with E-state index in [0.29, 0.717) is 35.9 Å². The Morgan fingerprint density at radius 2 is 1.88 bits per heavy atom. The van der Waals surface area contributed by atoms with Crippen LogP contribution in [0, 0.1) is 6.92 Å². The number of carbonyl (C=O) groups is 1. The Labute approximate surface area is 158 Å². The van der Waals surface area contributed by atoms with Gasteiger partial charge in [-0.05, 0) is 24.6 Å². The number of aromatic nitrogens is 3. The molecular weight excluding hydrogens is 348 g/mol. The van der Waals surface area contributed by atoms with Crippen LogP contribution in [-0.2, 0) is 13.0 Å². The highest BCUT2D eigenvalue weighted by Crippen LogP contribution is 2.22. The number of carbonyl (C=O) groups excluding carboxylic acids is 1. The summed E-state index contributed by atoms with van der Waals surface area (Å²) in [5.74, 6) is -0.122. The molecule has 0 aliphatic heterocycles. The molecule has 0 unspecified atom stereocenters. The molecule has 0 aliphatic rings. The van der Waals surface area contributed by atoms with Crippen LogP contribution in [0.5, 0.6) is 0 Å². The Morgan fingerprint density at radius 3 is 2.58 bits per heavy atom. The fourth-order valence-corrected chi connectivity index (χ4v) is 3.09. The van der Waals surface area contributed by atoms with Gasteiger partial charge in [0, 0.05) is 31.9 Å². The second kappa shape index (κ2) is 8.15. The van der Waals surface area contributed by atoms with E-state index in [1.165, 1.54) is 0 Å². The summed E-state index contributed by atoms with van der Waals surface area (Å²) in [6, 6.07) is 15.7. The second-order valence-electron chi connectivity index (χ2n) is 6.19. The molecule has 0 radical (unpaired) electrons. The van der Waals surface area contributed by atoms with Gasteiger partial charge >= 0.3 is 0 Å². The van der Waals surface area contributed by atoms with Gasteiger partial charge in [0.1, 0.15) is 5.15 Å². The predicted octanol–water partition coefficient (Wildman–Crippen LogP) is 3.60. The van der Waals surface area contributed by atoms with E-state index in [1.807, 2.05) is 55.5 Å². The van der Waals surface area contributed by atoms with Crippen molar-refractivity contribution in [2.75, 3.05) is 13.6 Å². The first-order chi connectivity index (χ1) is 12.6. The van der Waals surface area contributed by atoms with Gasteiger partial charge in [-0.1, -0.05) is 48.0 Å². The molecule has 2 heterocycles. The summed E-state index contributed by atoms with van der Waals surface area (Å²) < 4.78 is 1.67. The minimum absolute atomic E-state index is 0.122. The van der Waals surface area contributed by atoms with Crippen molar-refractivity contribution in [3.63, 3.8) is 0 Å². The van der Waals surface area contributed by atoms with Gasteiger partial charge < -0.3 is 4.90 Å². The summed E-state index contributed by atoms with van der Waals surface area (Å²) in [4.78, 5) is 18.8. The van der Waals surface area contributed by atoms with Crippen molar-refractivity contribution in [1.82, 2.24) is 19.7 Å². The third kappa shape index (κ3) is 4.11. The van der Waals surface area contributed by atoms with Crippen LogP contribution in [0.3, 0.4) is 0 Å². The minimum atomic E-state index is -0.122. The maximum atomic E-state index is 12.8. The van der Waals surface area contributed by atoms with Gasteiger partial charge in [-0.15, -0.1) is 0 Å². The summed E-state index contributed by atoms with van der Waals surface area (Å²) in [5.41, 5.74) is 3.14. The van der Waals surface area contributed by atoms with Crippen molar-refractivity contribution >= 4 is 17.5 Å². The van der Waals surface area contributed by atoms with Gasteiger partial charge in [0.25, 0.3) is 5.91 Å². The van der Waals surface area contributed by atoms with E-state index >= 15 is 0 Å². The number of amides is 1. The van der Waals surface area contributed by atoms with Crippen LogP contribution >= 0.6 is 11.6 Å². The molecule has 0 saturated carbocycles. The van der Waals surface area contributed by atoms with E-state index in [1.54, 1.807) is 22.8 Å². The van der Waals surface area contributed by atoms with E-state index in [-0.39, 0.29) is 5.91 Å². The summed E-state index contributed by atoms with van der Waals surface area (Å²) >= 11 is 6.48. The number of hydrogen-bond acceptors (Lipinski definition) is 3. The van der Waals surface area contributed by atoms with E-state index in [0.717, 1.165) is 11.3 Å². The molecule has 0 aliphatic carbocycles. The molecule has 2 aromatic heterocycles. The van der Waals surface area contributed by atoms with Crippen LogP contribution in [0.1, 0.15) is 27.3 Å². The first-order valence-corrected chi connectivity index (χ1v) is 8.86. The van der Waals surface area contributed by atoms with Gasteiger partial charge in [-0.2, -0.15) is 5.10 Å².